The van der Waals surface area contributed by atoms with Crippen molar-refractivity contribution in [1.82, 2.24) is 0 Å². The standard InChI is InChI=1S/3C10H18O/c3*1-8(2)10(11)6-4-9(3)5-7-10/h3*4,8,11H,5-7H2,1-3H3. The van der Waals surface area contributed by atoms with Gasteiger partial charge in [-0.2, -0.15) is 0 Å². The molecule has 0 aromatic rings. The summed E-state index contributed by atoms with van der Waals surface area (Å²) < 4.78 is 0. The molecule has 0 amide bonds. The minimum Gasteiger partial charge on any atom is -0.389 e. The van der Waals surface area contributed by atoms with E-state index in [0.29, 0.717) is 17.8 Å². The normalized spacial score (nSPS) is 32.3. The quantitative estimate of drug-likeness (QED) is 0.380. The Hall–Kier alpha value is -0.900. The van der Waals surface area contributed by atoms with Crippen LogP contribution < -0.4 is 0 Å². The van der Waals surface area contributed by atoms with Gasteiger partial charge in [0.25, 0.3) is 0 Å². The molecule has 0 heterocycles. The summed E-state index contributed by atoms with van der Waals surface area (Å²) in [7, 11) is 0. The largest absolute Gasteiger partial charge is 0.389 e. The Kier molecular flexibility index (Phi) is 11.6. The predicted octanol–water partition coefficient (Wildman–Crippen LogP) is 7.51. The zero-order chi connectivity index (χ0) is 25.4. The zero-order valence-electron chi connectivity index (χ0n) is 23.2. The van der Waals surface area contributed by atoms with E-state index in [1.165, 1.54) is 16.7 Å². The van der Waals surface area contributed by atoms with Crippen molar-refractivity contribution in [2.75, 3.05) is 0 Å². The van der Waals surface area contributed by atoms with E-state index in [9.17, 15) is 15.3 Å². The Morgan fingerprint density at radius 2 is 0.727 bits per heavy atom. The van der Waals surface area contributed by atoms with Crippen molar-refractivity contribution in [3.8, 4) is 0 Å². The molecular weight excluding hydrogens is 408 g/mol. The van der Waals surface area contributed by atoms with Crippen LogP contribution in [0.5, 0.6) is 0 Å². The van der Waals surface area contributed by atoms with Gasteiger partial charge in [-0.05, 0) is 96.3 Å². The molecule has 3 atom stereocenters. The molecule has 0 spiro atoms. The molecule has 33 heavy (non-hydrogen) atoms. The number of allylic oxidation sites excluding steroid dienone is 3. The second-order valence-corrected chi connectivity index (χ2v) is 12.0. The molecule has 3 unspecified atom stereocenters. The molecule has 0 aromatic carbocycles. The van der Waals surface area contributed by atoms with Crippen molar-refractivity contribution in [3.63, 3.8) is 0 Å². The molecule has 0 aliphatic heterocycles. The Morgan fingerprint density at radius 1 is 0.515 bits per heavy atom. The summed E-state index contributed by atoms with van der Waals surface area (Å²) in [6.45, 7) is 19.0. The highest BCUT2D eigenvalue weighted by Crippen LogP contribution is 2.34. The lowest BCUT2D eigenvalue weighted by Gasteiger charge is -2.34. The van der Waals surface area contributed by atoms with Crippen molar-refractivity contribution in [2.45, 2.75) is 137 Å². The molecule has 0 bridgehead atoms. The van der Waals surface area contributed by atoms with Gasteiger partial charge in [-0.1, -0.05) is 76.5 Å². The maximum atomic E-state index is 10.0. The van der Waals surface area contributed by atoms with Crippen LogP contribution in [-0.2, 0) is 0 Å². The lowest BCUT2D eigenvalue weighted by atomic mass is 9.78. The maximum Gasteiger partial charge on any atom is 0.0707 e. The first-order valence-electron chi connectivity index (χ1n) is 13.3. The highest BCUT2D eigenvalue weighted by Gasteiger charge is 2.33. The van der Waals surface area contributed by atoms with E-state index in [-0.39, 0.29) is 0 Å². The molecule has 0 saturated heterocycles. The second kappa shape index (κ2) is 12.7. The summed E-state index contributed by atoms with van der Waals surface area (Å²) in [5, 5.41) is 30.1. The Labute approximate surface area is 205 Å². The molecule has 3 rings (SSSR count). The minimum absolute atomic E-state index is 0.381. The average Bonchev–Trinajstić information content (AvgIpc) is 2.75. The van der Waals surface area contributed by atoms with Gasteiger partial charge in [0.2, 0.25) is 0 Å². The summed E-state index contributed by atoms with van der Waals surface area (Å²) in [5.41, 5.74) is 3.03. The fourth-order valence-corrected chi connectivity index (χ4v) is 4.48. The van der Waals surface area contributed by atoms with E-state index < -0.39 is 16.8 Å². The number of rotatable bonds is 3. The molecule has 3 aliphatic carbocycles. The first-order chi connectivity index (χ1) is 15.1. The van der Waals surface area contributed by atoms with Crippen LogP contribution in [0.3, 0.4) is 0 Å². The van der Waals surface area contributed by atoms with Gasteiger partial charge in [-0.25, -0.2) is 0 Å². The summed E-state index contributed by atoms with van der Waals surface area (Å²) >= 11 is 0. The van der Waals surface area contributed by atoms with Crippen LogP contribution in [0, 0.1) is 17.8 Å². The van der Waals surface area contributed by atoms with Crippen molar-refractivity contribution < 1.29 is 15.3 Å². The molecule has 3 aliphatic rings. The van der Waals surface area contributed by atoms with Crippen LogP contribution in [0.2, 0.25) is 0 Å². The zero-order valence-corrected chi connectivity index (χ0v) is 23.2. The lowest BCUT2D eigenvalue weighted by Crippen LogP contribution is -2.36. The molecule has 192 valence electrons. The van der Waals surface area contributed by atoms with E-state index >= 15 is 0 Å². The van der Waals surface area contributed by atoms with Gasteiger partial charge >= 0.3 is 0 Å². The third kappa shape index (κ3) is 9.34. The SMILES string of the molecule is CC1=CCC(O)(C(C)C)CC1.CC1=CCC(O)(C(C)C)CC1.CC1=CCC(O)(C(C)C)CC1. The minimum atomic E-state index is -0.417. The van der Waals surface area contributed by atoms with Crippen LogP contribution in [0.4, 0.5) is 0 Å². The molecular formula is C30H54O3. The van der Waals surface area contributed by atoms with Gasteiger partial charge in [0, 0.05) is 0 Å². The third-order valence-corrected chi connectivity index (χ3v) is 8.49. The van der Waals surface area contributed by atoms with E-state index in [2.05, 4.69) is 80.5 Å². The maximum absolute atomic E-state index is 10.0. The first-order valence-corrected chi connectivity index (χ1v) is 13.3. The van der Waals surface area contributed by atoms with Crippen molar-refractivity contribution in [3.05, 3.63) is 34.9 Å². The van der Waals surface area contributed by atoms with Gasteiger partial charge in [0.1, 0.15) is 0 Å². The molecule has 3 nitrogen and oxygen atoms in total. The van der Waals surface area contributed by atoms with Crippen molar-refractivity contribution >= 4 is 0 Å². The monoisotopic (exact) mass is 462 g/mol. The number of hydrogen-bond acceptors (Lipinski definition) is 3. The summed E-state index contributed by atoms with van der Waals surface area (Å²) in [6, 6.07) is 0. The van der Waals surface area contributed by atoms with Gasteiger partial charge < -0.3 is 15.3 Å². The molecule has 0 radical (unpaired) electrons. The van der Waals surface area contributed by atoms with E-state index in [4.69, 9.17) is 0 Å². The Balaban J connectivity index is 0.000000247. The topological polar surface area (TPSA) is 60.7 Å². The smallest absolute Gasteiger partial charge is 0.0707 e. The average molecular weight is 463 g/mol. The predicted molar refractivity (Wildman–Crippen MR) is 142 cm³/mol. The van der Waals surface area contributed by atoms with E-state index in [0.717, 1.165) is 57.8 Å². The van der Waals surface area contributed by atoms with Crippen molar-refractivity contribution in [1.29, 1.82) is 0 Å². The Morgan fingerprint density at radius 3 is 0.848 bits per heavy atom. The number of aliphatic hydroxyl groups is 3. The lowest BCUT2D eigenvalue weighted by molar-refractivity contribution is -0.0143. The van der Waals surface area contributed by atoms with Gasteiger partial charge in [-0.3, -0.25) is 0 Å². The molecule has 0 saturated carbocycles. The van der Waals surface area contributed by atoms with Crippen LogP contribution in [0.1, 0.15) is 120 Å². The fraction of sp³-hybridized carbons (Fsp3) is 0.800. The molecule has 3 N–H and O–H groups in total. The number of hydrogen-bond donors (Lipinski definition) is 3. The first kappa shape index (κ1) is 30.1. The van der Waals surface area contributed by atoms with Gasteiger partial charge in [-0.15, -0.1) is 0 Å². The molecule has 0 aromatic heterocycles. The summed E-state index contributed by atoms with van der Waals surface area (Å²) in [4.78, 5) is 0. The van der Waals surface area contributed by atoms with Crippen LogP contribution >= 0.6 is 0 Å². The van der Waals surface area contributed by atoms with Gasteiger partial charge in [0.05, 0.1) is 16.8 Å². The van der Waals surface area contributed by atoms with E-state index in [1.807, 2.05) is 0 Å². The van der Waals surface area contributed by atoms with E-state index in [1.54, 1.807) is 0 Å². The Bertz CT molecular complexity index is 604. The summed E-state index contributed by atoms with van der Waals surface area (Å²) in [5.74, 6) is 1.14. The third-order valence-electron chi connectivity index (χ3n) is 8.49. The van der Waals surface area contributed by atoms with Gasteiger partial charge in [0.15, 0.2) is 0 Å². The second-order valence-electron chi connectivity index (χ2n) is 12.0. The molecule has 3 heteroatoms. The highest BCUT2D eigenvalue weighted by molar-refractivity contribution is 5.10. The fourth-order valence-electron chi connectivity index (χ4n) is 4.48. The van der Waals surface area contributed by atoms with Crippen molar-refractivity contribution in [2.24, 2.45) is 17.8 Å². The highest BCUT2D eigenvalue weighted by atomic mass is 16.3. The van der Waals surface area contributed by atoms with Crippen LogP contribution in [0.15, 0.2) is 34.9 Å². The molecule has 0 fully saturated rings. The summed E-state index contributed by atoms with van der Waals surface area (Å²) in [6.07, 6.45) is 15.0. The van der Waals surface area contributed by atoms with Crippen LogP contribution in [0.25, 0.3) is 0 Å². The van der Waals surface area contributed by atoms with Crippen LogP contribution in [-0.4, -0.2) is 32.1 Å².